The highest BCUT2D eigenvalue weighted by molar-refractivity contribution is 14.0. The Balaban J connectivity index is 0.00000576. The lowest BCUT2D eigenvalue weighted by Crippen LogP contribution is -2.38. The van der Waals surface area contributed by atoms with Gasteiger partial charge in [0, 0.05) is 32.8 Å². The van der Waals surface area contributed by atoms with Crippen LogP contribution in [0.25, 0.3) is 0 Å². The third kappa shape index (κ3) is 13.1. The molecule has 0 bridgehead atoms. The second-order valence-electron chi connectivity index (χ2n) is 5.80. The normalized spacial score (nSPS) is 12.4. The first kappa shape index (κ1) is 24.1. The number of rotatable bonds is 12. The van der Waals surface area contributed by atoms with E-state index in [0.29, 0.717) is 19.1 Å². The van der Waals surface area contributed by atoms with E-state index in [1.165, 1.54) is 5.56 Å². The zero-order valence-corrected chi connectivity index (χ0v) is 18.1. The Kier molecular flexibility index (Phi) is 16.0. The van der Waals surface area contributed by atoms with Gasteiger partial charge in [0.2, 0.25) is 0 Å². The van der Waals surface area contributed by atoms with Gasteiger partial charge in [-0.3, -0.25) is 4.99 Å². The van der Waals surface area contributed by atoms with Gasteiger partial charge >= 0.3 is 0 Å². The fraction of sp³-hybridized carbons (Fsp3) is 0.632. The third-order valence-corrected chi connectivity index (χ3v) is 3.38. The summed E-state index contributed by atoms with van der Waals surface area (Å²) in [5.41, 5.74) is 1.21. The van der Waals surface area contributed by atoms with E-state index in [4.69, 9.17) is 9.47 Å². The molecule has 0 radical (unpaired) electrons. The molecule has 0 saturated heterocycles. The number of hydrogen-bond donors (Lipinski definition) is 2. The van der Waals surface area contributed by atoms with Crippen molar-refractivity contribution in [1.29, 1.82) is 0 Å². The molecule has 0 amide bonds. The van der Waals surface area contributed by atoms with Crippen molar-refractivity contribution in [3.63, 3.8) is 0 Å². The minimum absolute atomic E-state index is 0. The van der Waals surface area contributed by atoms with Gasteiger partial charge in [-0.2, -0.15) is 0 Å². The summed E-state index contributed by atoms with van der Waals surface area (Å²) in [7, 11) is 0. The van der Waals surface area contributed by atoms with Crippen molar-refractivity contribution in [2.75, 3.05) is 39.5 Å². The fourth-order valence-electron chi connectivity index (χ4n) is 2.12. The van der Waals surface area contributed by atoms with E-state index in [2.05, 4.69) is 41.6 Å². The molecule has 144 valence electrons. The molecule has 0 fully saturated rings. The SMILES string of the molecule is CCNC(=NCC(C)COCc1ccccc1)NCCCOCC.I. The highest BCUT2D eigenvalue weighted by atomic mass is 127. The molecular weight excluding hydrogens is 429 g/mol. The molecule has 0 heterocycles. The van der Waals surface area contributed by atoms with Gasteiger partial charge in [0.15, 0.2) is 5.96 Å². The largest absolute Gasteiger partial charge is 0.382 e. The van der Waals surface area contributed by atoms with Gasteiger partial charge < -0.3 is 20.1 Å². The highest BCUT2D eigenvalue weighted by Gasteiger charge is 2.03. The Bertz CT molecular complexity index is 444. The maximum absolute atomic E-state index is 5.77. The van der Waals surface area contributed by atoms with Crippen molar-refractivity contribution in [2.24, 2.45) is 10.9 Å². The van der Waals surface area contributed by atoms with Gasteiger partial charge in [0.1, 0.15) is 0 Å². The lowest BCUT2D eigenvalue weighted by Gasteiger charge is -2.14. The maximum atomic E-state index is 5.77. The quantitative estimate of drug-likeness (QED) is 0.216. The van der Waals surface area contributed by atoms with Gasteiger partial charge in [0.25, 0.3) is 0 Å². The maximum Gasteiger partial charge on any atom is 0.191 e. The van der Waals surface area contributed by atoms with Crippen LogP contribution in [0.3, 0.4) is 0 Å². The summed E-state index contributed by atoms with van der Waals surface area (Å²) in [5.74, 6) is 1.25. The van der Waals surface area contributed by atoms with Crippen molar-refractivity contribution >= 4 is 29.9 Å². The first-order valence-electron chi connectivity index (χ1n) is 8.97. The molecule has 0 aliphatic heterocycles. The minimum Gasteiger partial charge on any atom is -0.382 e. The number of ether oxygens (including phenoxy) is 2. The molecule has 1 rings (SSSR count). The van der Waals surface area contributed by atoms with Gasteiger partial charge in [-0.1, -0.05) is 37.3 Å². The molecule has 5 nitrogen and oxygen atoms in total. The van der Waals surface area contributed by atoms with Crippen molar-refractivity contribution in [1.82, 2.24) is 10.6 Å². The van der Waals surface area contributed by atoms with Gasteiger partial charge in [-0.15, -0.1) is 24.0 Å². The third-order valence-electron chi connectivity index (χ3n) is 3.38. The van der Waals surface area contributed by atoms with Crippen LogP contribution in [0.4, 0.5) is 0 Å². The summed E-state index contributed by atoms with van der Waals surface area (Å²) in [6.07, 6.45) is 0.980. The average molecular weight is 463 g/mol. The fourth-order valence-corrected chi connectivity index (χ4v) is 2.12. The molecule has 1 atom stereocenters. The molecular formula is C19H34IN3O2. The highest BCUT2D eigenvalue weighted by Crippen LogP contribution is 2.03. The summed E-state index contributed by atoms with van der Waals surface area (Å²) in [6, 6.07) is 10.2. The van der Waals surface area contributed by atoms with Crippen molar-refractivity contribution in [3.8, 4) is 0 Å². The van der Waals surface area contributed by atoms with Gasteiger partial charge in [-0.05, 0) is 31.7 Å². The number of halogens is 1. The van der Waals surface area contributed by atoms with Crippen molar-refractivity contribution < 1.29 is 9.47 Å². The van der Waals surface area contributed by atoms with Crippen LogP contribution in [0.2, 0.25) is 0 Å². The Morgan fingerprint density at radius 2 is 1.88 bits per heavy atom. The van der Waals surface area contributed by atoms with Crippen LogP contribution < -0.4 is 10.6 Å². The topological polar surface area (TPSA) is 54.9 Å². The summed E-state index contributed by atoms with van der Waals surface area (Å²) in [4.78, 5) is 4.63. The molecule has 1 unspecified atom stereocenters. The molecule has 0 saturated carbocycles. The summed E-state index contributed by atoms with van der Waals surface area (Å²) >= 11 is 0. The zero-order valence-electron chi connectivity index (χ0n) is 15.8. The second kappa shape index (κ2) is 16.6. The molecule has 1 aromatic carbocycles. The van der Waals surface area contributed by atoms with E-state index in [9.17, 15) is 0 Å². The van der Waals surface area contributed by atoms with Crippen LogP contribution in [-0.4, -0.2) is 45.4 Å². The van der Waals surface area contributed by atoms with E-state index in [1.54, 1.807) is 0 Å². The molecule has 1 aromatic rings. The van der Waals surface area contributed by atoms with Crippen LogP contribution in [0.5, 0.6) is 0 Å². The summed E-state index contributed by atoms with van der Waals surface area (Å²) in [6.45, 7) is 11.6. The molecule has 0 aliphatic rings. The smallest absolute Gasteiger partial charge is 0.191 e. The molecule has 0 aliphatic carbocycles. The van der Waals surface area contributed by atoms with E-state index < -0.39 is 0 Å². The van der Waals surface area contributed by atoms with Gasteiger partial charge in [0.05, 0.1) is 13.2 Å². The predicted molar refractivity (Wildman–Crippen MR) is 116 cm³/mol. The van der Waals surface area contributed by atoms with Crippen LogP contribution in [0.15, 0.2) is 35.3 Å². The Labute approximate surface area is 170 Å². The van der Waals surface area contributed by atoms with E-state index in [1.807, 2.05) is 25.1 Å². The first-order valence-corrected chi connectivity index (χ1v) is 8.97. The van der Waals surface area contributed by atoms with Crippen molar-refractivity contribution in [2.45, 2.75) is 33.8 Å². The minimum atomic E-state index is 0. The molecule has 2 N–H and O–H groups in total. The van der Waals surface area contributed by atoms with Crippen LogP contribution in [0, 0.1) is 5.92 Å². The second-order valence-corrected chi connectivity index (χ2v) is 5.80. The number of hydrogen-bond acceptors (Lipinski definition) is 3. The first-order chi connectivity index (χ1) is 11.8. The van der Waals surface area contributed by atoms with Crippen LogP contribution in [-0.2, 0) is 16.1 Å². The van der Waals surface area contributed by atoms with Crippen molar-refractivity contribution in [3.05, 3.63) is 35.9 Å². The number of guanidine groups is 1. The van der Waals surface area contributed by atoms with E-state index in [-0.39, 0.29) is 24.0 Å². The lowest BCUT2D eigenvalue weighted by atomic mass is 10.2. The molecule has 25 heavy (non-hydrogen) atoms. The predicted octanol–water partition coefficient (Wildman–Crippen LogP) is 3.44. The van der Waals surface area contributed by atoms with E-state index in [0.717, 1.165) is 45.2 Å². The number of aliphatic imine (C=N–C) groups is 1. The Morgan fingerprint density at radius 3 is 2.56 bits per heavy atom. The number of nitrogens with zero attached hydrogens (tertiary/aromatic N) is 1. The summed E-state index contributed by atoms with van der Waals surface area (Å²) < 4.78 is 11.1. The standard InChI is InChI=1S/C19H33N3O2.HI/c1-4-20-19(21-12-9-13-23-5-2)22-14-17(3)15-24-16-18-10-7-6-8-11-18;/h6-8,10-11,17H,4-5,9,12-16H2,1-3H3,(H2,20,21,22);1H. The number of nitrogens with one attached hydrogen (secondary N) is 2. The summed E-state index contributed by atoms with van der Waals surface area (Å²) in [5, 5.41) is 6.60. The number of benzene rings is 1. The molecule has 0 aromatic heterocycles. The van der Waals surface area contributed by atoms with Gasteiger partial charge in [-0.25, -0.2) is 0 Å². The van der Waals surface area contributed by atoms with E-state index >= 15 is 0 Å². The Hall–Kier alpha value is -0.860. The lowest BCUT2D eigenvalue weighted by molar-refractivity contribution is 0.0945. The van der Waals surface area contributed by atoms with Crippen LogP contribution >= 0.6 is 24.0 Å². The zero-order chi connectivity index (χ0) is 17.5. The Morgan fingerprint density at radius 1 is 1.12 bits per heavy atom. The monoisotopic (exact) mass is 463 g/mol. The molecule has 6 heteroatoms. The molecule has 0 spiro atoms. The van der Waals surface area contributed by atoms with Crippen LogP contribution in [0.1, 0.15) is 32.8 Å². The average Bonchev–Trinajstić information content (AvgIpc) is 2.60.